The highest BCUT2D eigenvalue weighted by Crippen LogP contribution is 2.64. The highest BCUT2D eigenvalue weighted by Gasteiger charge is 2.66. The number of rotatable bonds is 1. The monoisotopic (exact) mass is 191 g/mol. The molecule has 0 aromatic carbocycles. The Kier molecular flexibility index (Phi) is 2.36. The van der Waals surface area contributed by atoms with Crippen molar-refractivity contribution >= 4 is 18.4 Å². The summed E-state index contributed by atoms with van der Waals surface area (Å²) in [7, 11) is 1.44. The maximum atomic E-state index is 11.1. The molecule has 12 heavy (non-hydrogen) atoms. The zero-order chi connectivity index (χ0) is 8.06. The first-order valence-corrected chi connectivity index (χ1v) is 4.04. The van der Waals surface area contributed by atoms with Crippen LogP contribution in [0.25, 0.3) is 0 Å². The number of carbonyl (C=O) groups excluding carboxylic acids is 1. The van der Waals surface area contributed by atoms with Crippen molar-refractivity contribution < 1.29 is 9.53 Å². The van der Waals surface area contributed by atoms with Gasteiger partial charge in [0.1, 0.15) is 0 Å². The molecule has 3 atom stereocenters. The lowest BCUT2D eigenvalue weighted by molar-refractivity contribution is -0.143. The van der Waals surface area contributed by atoms with Crippen molar-refractivity contribution in [2.45, 2.75) is 25.3 Å². The Bertz CT molecular complexity index is 209. The van der Waals surface area contributed by atoms with Crippen molar-refractivity contribution in [3.05, 3.63) is 0 Å². The Balaban J connectivity index is 0.000000720. The molecule has 2 fully saturated rings. The Labute approximate surface area is 78.1 Å². The van der Waals surface area contributed by atoms with E-state index >= 15 is 0 Å². The quantitative estimate of drug-likeness (QED) is 0.622. The fourth-order valence-corrected chi connectivity index (χ4v) is 2.15. The van der Waals surface area contributed by atoms with Crippen molar-refractivity contribution in [1.82, 2.24) is 0 Å². The van der Waals surface area contributed by atoms with Crippen molar-refractivity contribution in [1.29, 1.82) is 0 Å². The van der Waals surface area contributed by atoms with Crippen molar-refractivity contribution in [2.75, 3.05) is 7.11 Å². The van der Waals surface area contributed by atoms with Gasteiger partial charge in [0.05, 0.1) is 13.0 Å². The van der Waals surface area contributed by atoms with Crippen LogP contribution in [0.5, 0.6) is 0 Å². The predicted molar refractivity (Wildman–Crippen MR) is 47.0 cm³/mol. The van der Waals surface area contributed by atoms with Gasteiger partial charge in [-0.1, -0.05) is 0 Å². The highest BCUT2D eigenvalue weighted by molar-refractivity contribution is 5.85. The van der Waals surface area contributed by atoms with Crippen LogP contribution in [0.3, 0.4) is 0 Å². The highest BCUT2D eigenvalue weighted by atomic mass is 35.5. The lowest BCUT2D eigenvalue weighted by Crippen LogP contribution is -2.43. The van der Waals surface area contributed by atoms with Gasteiger partial charge in [-0.2, -0.15) is 0 Å². The summed E-state index contributed by atoms with van der Waals surface area (Å²) in [4.78, 5) is 11.1. The van der Waals surface area contributed by atoms with E-state index < -0.39 is 0 Å². The van der Waals surface area contributed by atoms with Gasteiger partial charge in [-0.15, -0.1) is 12.4 Å². The third-order valence-corrected chi connectivity index (χ3v) is 3.26. The maximum absolute atomic E-state index is 11.1. The van der Waals surface area contributed by atoms with Crippen molar-refractivity contribution in [3.8, 4) is 0 Å². The molecule has 0 saturated heterocycles. The normalized spacial score (nSPS) is 42.8. The Morgan fingerprint density at radius 1 is 1.67 bits per heavy atom. The molecule has 3 unspecified atom stereocenters. The number of halogens is 1. The summed E-state index contributed by atoms with van der Waals surface area (Å²) in [6, 6.07) is 0.256. The molecular weight excluding hydrogens is 178 g/mol. The fourth-order valence-electron chi connectivity index (χ4n) is 2.15. The Morgan fingerprint density at radius 2 is 2.33 bits per heavy atom. The number of hydrogen-bond donors (Lipinski definition) is 1. The molecule has 2 aliphatic rings. The molecule has 0 aliphatic heterocycles. The van der Waals surface area contributed by atoms with Crippen LogP contribution in [0, 0.1) is 11.3 Å². The largest absolute Gasteiger partial charge is 0.469 e. The lowest BCUT2D eigenvalue weighted by Gasteiger charge is -2.34. The number of esters is 1. The average molecular weight is 192 g/mol. The van der Waals surface area contributed by atoms with Crippen LogP contribution < -0.4 is 5.73 Å². The summed E-state index contributed by atoms with van der Waals surface area (Å²) in [5, 5.41) is 0. The van der Waals surface area contributed by atoms with Crippen LogP contribution in [0.1, 0.15) is 19.3 Å². The molecule has 0 radical (unpaired) electrons. The smallest absolute Gasteiger partial charge is 0.309 e. The van der Waals surface area contributed by atoms with Gasteiger partial charge >= 0.3 is 5.97 Å². The van der Waals surface area contributed by atoms with Crippen LogP contribution in [-0.2, 0) is 9.53 Å². The summed E-state index contributed by atoms with van der Waals surface area (Å²) >= 11 is 0. The molecule has 2 saturated carbocycles. The molecular formula is C8H14ClNO2. The second kappa shape index (κ2) is 2.89. The SMILES string of the molecule is COC(=O)C1CC12CCC2N.Cl. The summed E-state index contributed by atoms with van der Waals surface area (Å²) in [6.07, 6.45) is 3.16. The number of methoxy groups -OCH3 is 1. The first kappa shape index (κ1) is 9.81. The predicted octanol–water partition coefficient (Wildman–Crippen LogP) is 0.709. The van der Waals surface area contributed by atoms with E-state index in [-0.39, 0.29) is 35.8 Å². The van der Waals surface area contributed by atoms with Crippen molar-refractivity contribution in [2.24, 2.45) is 17.1 Å². The second-order valence-electron chi connectivity index (χ2n) is 3.66. The summed E-state index contributed by atoms with van der Waals surface area (Å²) in [5.74, 6) is 0.0522. The number of nitrogens with two attached hydrogens (primary N) is 1. The zero-order valence-corrected chi connectivity index (χ0v) is 7.89. The Hall–Kier alpha value is -0.280. The van der Waals surface area contributed by atoms with Gasteiger partial charge in [-0.25, -0.2) is 0 Å². The van der Waals surface area contributed by atoms with Gasteiger partial charge in [0, 0.05) is 6.04 Å². The van der Waals surface area contributed by atoms with E-state index in [0.717, 1.165) is 19.3 Å². The average Bonchev–Trinajstić information content (AvgIpc) is 2.77. The molecule has 2 rings (SSSR count). The molecule has 0 bridgehead atoms. The summed E-state index contributed by atoms with van der Waals surface area (Å²) < 4.78 is 4.66. The van der Waals surface area contributed by atoms with E-state index in [1.165, 1.54) is 7.11 Å². The molecule has 2 N–H and O–H groups in total. The molecule has 0 aromatic heterocycles. The van der Waals surface area contributed by atoms with Crippen LogP contribution in [0.15, 0.2) is 0 Å². The van der Waals surface area contributed by atoms with Crippen LogP contribution in [-0.4, -0.2) is 19.1 Å². The van der Waals surface area contributed by atoms with Gasteiger partial charge in [-0.05, 0) is 24.7 Å². The third kappa shape index (κ3) is 1.04. The van der Waals surface area contributed by atoms with Gasteiger partial charge in [-0.3, -0.25) is 4.79 Å². The van der Waals surface area contributed by atoms with Gasteiger partial charge in [0.25, 0.3) is 0 Å². The minimum atomic E-state index is -0.0693. The van der Waals surface area contributed by atoms with E-state index in [9.17, 15) is 4.79 Å². The summed E-state index contributed by atoms with van der Waals surface area (Å²) in [6.45, 7) is 0. The standard InChI is InChI=1S/C8H13NO2.ClH/c1-11-7(10)5-4-8(5)3-2-6(8)9;/h5-6H,2-4,9H2,1H3;1H. The van der Waals surface area contributed by atoms with E-state index in [4.69, 9.17) is 5.73 Å². The van der Waals surface area contributed by atoms with E-state index in [0.29, 0.717) is 0 Å². The number of carbonyl (C=O) groups is 1. The maximum Gasteiger partial charge on any atom is 0.309 e. The number of ether oxygens (including phenoxy) is 1. The molecule has 0 heterocycles. The van der Waals surface area contributed by atoms with Gasteiger partial charge in [0.2, 0.25) is 0 Å². The minimum absolute atomic E-state index is 0. The van der Waals surface area contributed by atoms with Gasteiger partial charge < -0.3 is 10.5 Å². The van der Waals surface area contributed by atoms with Crippen LogP contribution in [0.4, 0.5) is 0 Å². The van der Waals surface area contributed by atoms with Crippen LogP contribution >= 0.6 is 12.4 Å². The Morgan fingerprint density at radius 3 is 2.58 bits per heavy atom. The topological polar surface area (TPSA) is 52.3 Å². The first-order chi connectivity index (χ1) is 5.20. The number of hydrogen-bond acceptors (Lipinski definition) is 3. The fraction of sp³-hybridized carbons (Fsp3) is 0.875. The first-order valence-electron chi connectivity index (χ1n) is 4.04. The molecule has 70 valence electrons. The lowest BCUT2D eigenvalue weighted by atomic mass is 9.75. The van der Waals surface area contributed by atoms with Gasteiger partial charge in [0.15, 0.2) is 0 Å². The van der Waals surface area contributed by atoms with E-state index in [2.05, 4.69) is 4.74 Å². The molecule has 0 amide bonds. The molecule has 4 heteroatoms. The van der Waals surface area contributed by atoms with E-state index in [1.807, 2.05) is 0 Å². The zero-order valence-electron chi connectivity index (χ0n) is 7.08. The molecule has 3 nitrogen and oxygen atoms in total. The molecule has 1 spiro atoms. The van der Waals surface area contributed by atoms with E-state index in [1.54, 1.807) is 0 Å². The molecule has 0 aromatic rings. The van der Waals surface area contributed by atoms with Crippen molar-refractivity contribution in [3.63, 3.8) is 0 Å². The van der Waals surface area contributed by atoms with Crippen LogP contribution in [0.2, 0.25) is 0 Å². The second-order valence-corrected chi connectivity index (χ2v) is 3.66. The molecule has 2 aliphatic carbocycles. The minimum Gasteiger partial charge on any atom is -0.469 e. The summed E-state index contributed by atoms with van der Waals surface area (Å²) in [5.41, 5.74) is 5.97. The third-order valence-electron chi connectivity index (χ3n) is 3.26.